The molecule has 0 spiro atoms. The molecule has 0 heterocycles. The van der Waals surface area contributed by atoms with E-state index < -0.39 is 0 Å². The van der Waals surface area contributed by atoms with E-state index in [4.69, 9.17) is 9.57 Å². The van der Waals surface area contributed by atoms with Gasteiger partial charge >= 0.3 is 0 Å². The highest BCUT2D eigenvalue weighted by molar-refractivity contribution is 5.98. The van der Waals surface area contributed by atoms with Crippen molar-refractivity contribution in [1.82, 2.24) is 10.4 Å². The molecular formula is C13H18N2O4. The Morgan fingerprint density at radius 1 is 1.32 bits per heavy atom. The maximum absolute atomic E-state index is 12.0. The van der Waals surface area contributed by atoms with Crippen LogP contribution in [0.15, 0.2) is 24.3 Å². The predicted molar refractivity (Wildman–Crippen MR) is 69.7 cm³/mol. The van der Waals surface area contributed by atoms with Gasteiger partial charge in [-0.15, -0.1) is 0 Å². The van der Waals surface area contributed by atoms with Crippen molar-refractivity contribution in [3.8, 4) is 5.75 Å². The Labute approximate surface area is 112 Å². The van der Waals surface area contributed by atoms with Gasteiger partial charge in [0.25, 0.3) is 11.8 Å². The Morgan fingerprint density at radius 2 is 2.00 bits per heavy atom. The zero-order valence-electron chi connectivity index (χ0n) is 11.3. The van der Waals surface area contributed by atoms with Crippen molar-refractivity contribution in [1.29, 1.82) is 0 Å². The highest BCUT2D eigenvalue weighted by atomic mass is 16.7. The second kappa shape index (κ2) is 7.38. The first-order chi connectivity index (χ1) is 9.10. The molecule has 1 aromatic carbocycles. The summed E-state index contributed by atoms with van der Waals surface area (Å²) < 4.78 is 5.35. The van der Waals surface area contributed by atoms with Crippen LogP contribution in [-0.2, 0) is 9.63 Å². The fourth-order valence-electron chi connectivity index (χ4n) is 1.40. The van der Waals surface area contributed by atoms with E-state index in [2.05, 4.69) is 5.32 Å². The van der Waals surface area contributed by atoms with Gasteiger partial charge in [-0.3, -0.25) is 14.4 Å². The SMILES string of the molecule is CCOc1ccccc1C(=O)NCC(=O)N(C)OC. The minimum atomic E-state index is -0.359. The van der Waals surface area contributed by atoms with Gasteiger partial charge in [0.1, 0.15) is 5.75 Å². The minimum Gasteiger partial charge on any atom is -0.493 e. The van der Waals surface area contributed by atoms with E-state index in [9.17, 15) is 9.59 Å². The molecular weight excluding hydrogens is 248 g/mol. The average molecular weight is 266 g/mol. The van der Waals surface area contributed by atoms with Crippen LogP contribution in [0.4, 0.5) is 0 Å². The third-order valence-corrected chi connectivity index (χ3v) is 2.46. The first-order valence-corrected chi connectivity index (χ1v) is 5.90. The lowest BCUT2D eigenvalue weighted by atomic mass is 10.2. The summed E-state index contributed by atoms with van der Waals surface area (Å²) in [7, 11) is 2.85. The molecule has 0 fully saturated rings. The third kappa shape index (κ3) is 4.26. The van der Waals surface area contributed by atoms with E-state index in [1.165, 1.54) is 14.2 Å². The van der Waals surface area contributed by atoms with Crippen LogP contribution in [0.5, 0.6) is 5.75 Å². The summed E-state index contributed by atoms with van der Waals surface area (Å²) in [6.07, 6.45) is 0. The number of hydrogen-bond donors (Lipinski definition) is 1. The summed E-state index contributed by atoms with van der Waals surface area (Å²) in [6.45, 7) is 2.17. The van der Waals surface area contributed by atoms with Gasteiger partial charge in [0.2, 0.25) is 0 Å². The van der Waals surface area contributed by atoms with Gasteiger partial charge in [-0.2, -0.15) is 0 Å². The molecule has 104 valence electrons. The number of likely N-dealkylation sites (N-methyl/N-ethyl adjacent to an activating group) is 1. The van der Waals surface area contributed by atoms with Crippen molar-refractivity contribution < 1.29 is 19.2 Å². The standard InChI is InChI=1S/C13H18N2O4/c1-4-19-11-8-6-5-7-10(11)13(17)14-9-12(16)15(2)18-3/h5-8H,4,9H2,1-3H3,(H,14,17). The molecule has 0 bridgehead atoms. The van der Waals surface area contributed by atoms with Crippen molar-refractivity contribution in [2.75, 3.05) is 27.3 Å². The van der Waals surface area contributed by atoms with Crippen LogP contribution in [0, 0.1) is 0 Å². The number of nitrogens with one attached hydrogen (secondary N) is 1. The summed E-state index contributed by atoms with van der Waals surface area (Å²) in [5.74, 6) is -0.207. The Balaban J connectivity index is 2.66. The normalized spacial score (nSPS) is 9.84. The number of benzene rings is 1. The van der Waals surface area contributed by atoms with Crippen LogP contribution >= 0.6 is 0 Å². The van der Waals surface area contributed by atoms with Crippen molar-refractivity contribution >= 4 is 11.8 Å². The molecule has 0 aliphatic rings. The highest BCUT2D eigenvalue weighted by Gasteiger charge is 2.14. The van der Waals surface area contributed by atoms with E-state index >= 15 is 0 Å². The summed E-state index contributed by atoms with van der Waals surface area (Å²) >= 11 is 0. The van der Waals surface area contributed by atoms with Crippen LogP contribution in [0.25, 0.3) is 0 Å². The molecule has 0 saturated heterocycles. The fourth-order valence-corrected chi connectivity index (χ4v) is 1.40. The first kappa shape index (κ1) is 15.0. The predicted octanol–water partition coefficient (Wildman–Crippen LogP) is 0.835. The number of carbonyl (C=O) groups excluding carboxylic acids is 2. The van der Waals surface area contributed by atoms with Gasteiger partial charge in [0.05, 0.1) is 25.8 Å². The van der Waals surface area contributed by atoms with E-state index in [-0.39, 0.29) is 18.4 Å². The van der Waals surface area contributed by atoms with Gasteiger partial charge in [-0.05, 0) is 19.1 Å². The number of hydrogen-bond acceptors (Lipinski definition) is 4. The van der Waals surface area contributed by atoms with Crippen LogP contribution in [-0.4, -0.2) is 44.2 Å². The second-order valence-electron chi connectivity index (χ2n) is 3.69. The molecule has 6 nitrogen and oxygen atoms in total. The highest BCUT2D eigenvalue weighted by Crippen LogP contribution is 2.17. The Bertz CT molecular complexity index is 448. The minimum absolute atomic E-state index is 0.135. The Kier molecular flexibility index (Phi) is 5.81. The molecule has 0 unspecified atom stereocenters. The Morgan fingerprint density at radius 3 is 2.63 bits per heavy atom. The topological polar surface area (TPSA) is 67.9 Å². The summed E-state index contributed by atoms with van der Waals surface area (Å²) in [6, 6.07) is 6.87. The number of rotatable bonds is 6. The van der Waals surface area contributed by atoms with Gasteiger partial charge in [-0.25, -0.2) is 5.06 Å². The van der Waals surface area contributed by atoms with Gasteiger partial charge < -0.3 is 10.1 Å². The van der Waals surface area contributed by atoms with E-state index in [0.717, 1.165) is 5.06 Å². The number of nitrogens with zero attached hydrogens (tertiary/aromatic N) is 1. The molecule has 0 atom stereocenters. The van der Waals surface area contributed by atoms with Gasteiger partial charge in [0, 0.05) is 7.05 Å². The van der Waals surface area contributed by atoms with E-state index in [1.807, 2.05) is 6.92 Å². The summed E-state index contributed by atoms with van der Waals surface area (Å²) in [5.41, 5.74) is 0.400. The Hall–Kier alpha value is -2.08. The molecule has 19 heavy (non-hydrogen) atoms. The number of carbonyl (C=O) groups is 2. The van der Waals surface area contributed by atoms with Crippen molar-refractivity contribution in [3.63, 3.8) is 0 Å². The zero-order chi connectivity index (χ0) is 14.3. The molecule has 0 aromatic heterocycles. The largest absolute Gasteiger partial charge is 0.493 e. The quantitative estimate of drug-likeness (QED) is 0.775. The summed E-state index contributed by atoms with van der Waals surface area (Å²) in [4.78, 5) is 28.1. The molecule has 1 rings (SSSR count). The van der Waals surface area contributed by atoms with Crippen molar-refractivity contribution in [2.45, 2.75) is 6.92 Å². The molecule has 6 heteroatoms. The molecule has 2 amide bonds. The van der Waals surface area contributed by atoms with Gasteiger partial charge in [0.15, 0.2) is 0 Å². The zero-order valence-corrected chi connectivity index (χ0v) is 11.3. The van der Waals surface area contributed by atoms with Crippen molar-refractivity contribution in [3.05, 3.63) is 29.8 Å². The molecule has 0 radical (unpaired) electrons. The number of ether oxygens (including phenoxy) is 1. The number of para-hydroxylation sites is 1. The van der Waals surface area contributed by atoms with Crippen LogP contribution in [0.1, 0.15) is 17.3 Å². The van der Waals surface area contributed by atoms with Crippen molar-refractivity contribution in [2.24, 2.45) is 0 Å². The first-order valence-electron chi connectivity index (χ1n) is 5.90. The van der Waals surface area contributed by atoms with Crippen LogP contribution in [0.3, 0.4) is 0 Å². The van der Waals surface area contributed by atoms with Crippen LogP contribution < -0.4 is 10.1 Å². The number of hydroxylamine groups is 2. The lowest BCUT2D eigenvalue weighted by Gasteiger charge is -2.14. The van der Waals surface area contributed by atoms with Crippen LogP contribution in [0.2, 0.25) is 0 Å². The third-order valence-electron chi connectivity index (χ3n) is 2.46. The second-order valence-corrected chi connectivity index (χ2v) is 3.69. The maximum Gasteiger partial charge on any atom is 0.265 e. The van der Waals surface area contributed by atoms with Gasteiger partial charge in [-0.1, -0.05) is 12.1 Å². The molecule has 0 aliphatic heterocycles. The molecule has 0 saturated carbocycles. The lowest BCUT2D eigenvalue weighted by Crippen LogP contribution is -2.37. The van der Waals surface area contributed by atoms with E-state index in [0.29, 0.717) is 17.9 Å². The average Bonchev–Trinajstić information content (AvgIpc) is 2.44. The maximum atomic E-state index is 12.0. The lowest BCUT2D eigenvalue weighted by molar-refractivity contribution is -0.167. The molecule has 0 aliphatic carbocycles. The molecule has 1 N–H and O–H groups in total. The smallest absolute Gasteiger partial charge is 0.265 e. The monoisotopic (exact) mass is 266 g/mol. The van der Waals surface area contributed by atoms with E-state index in [1.54, 1.807) is 24.3 Å². The number of amides is 2. The summed E-state index contributed by atoms with van der Waals surface area (Å²) in [5, 5.41) is 3.57. The molecule has 1 aromatic rings. The fraction of sp³-hybridized carbons (Fsp3) is 0.385.